The van der Waals surface area contributed by atoms with Gasteiger partial charge in [0, 0.05) is 32.7 Å². The van der Waals surface area contributed by atoms with E-state index >= 15 is 17.6 Å². The van der Waals surface area contributed by atoms with E-state index in [-0.39, 0.29) is 22.8 Å². The number of hydrogen-bond donors (Lipinski definition) is 2. The van der Waals surface area contributed by atoms with Crippen LogP contribution in [-0.2, 0) is 25.7 Å². The molecule has 0 atom stereocenters. The fourth-order valence-electron chi connectivity index (χ4n) is 8.61. The summed E-state index contributed by atoms with van der Waals surface area (Å²) in [5, 5.41) is 2.71. The molecule has 0 fully saturated rings. The number of nitrogens with two attached hydrogens (primary N) is 1. The zero-order valence-corrected chi connectivity index (χ0v) is 32.0. The lowest BCUT2D eigenvalue weighted by Gasteiger charge is -2.21. The van der Waals surface area contributed by atoms with Crippen molar-refractivity contribution in [3.63, 3.8) is 0 Å². The summed E-state index contributed by atoms with van der Waals surface area (Å²) in [6, 6.07) is 14.8. The number of fused-ring (bicyclic) bond motifs is 20. The number of nitrogens with zero attached hydrogens (tertiary/aromatic N) is 7. The second-order valence-corrected chi connectivity index (χ2v) is 14.6. The minimum atomic E-state index is -1.98. The fourth-order valence-corrected chi connectivity index (χ4v) is 8.61. The molecule has 0 unspecified atom stereocenters. The van der Waals surface area contributed by atoms with Crippen molar-refractivity contribution in [1.29, 1.82) is 0 Å². The molecule has 0 aliphatic carbocycles. The molecule has 7 aromatic rings. The first-order chi connectivity index (χ1) is 27.7. The average Bonchev–Trinajstić information content (AvgIpc) is 3.93. The molecule has 9 nitrogen and oxygen atoms in total. The summed E-state index contributed by atoms with van der Waals surface area (Å²) in [6.07, 6.45) is 6.65. The lowest BCUT2D eigenvalue weighted by atomic mass is 9.83. The highest BCUT2D eigenvalue weighted by atomic mass is 19.2. The van der Waals surface area contributed by atoms with Gasteiger partial charge < -0.3 is 10.8 Å². The minimum Gasteiger partial charge on any atom is -0.336 e. The fraction of sp³-hybridized carbons (Fsp3) is 0.273. The molecule has 0 amide bonds. The maximum atomic E-state index is 16.1. The Labute approximate surface area is 325 Å². The van der Waals surface area contributed by atoms with Crippen molar-refractivity contribution in [2.24, 2.45) is 0 Å². The van der Waals surface area contributed by atoms with E-state index in [1.807, 2.05) is 24.3 Å². The van der Waals surface area contributed by atoms with Gasteiger partial charge in [0.25, 0.3) is 0 Å². The van der Waals surface area contributed by atoms with Crippen LogP contribution in [0.4, 0.5) is 17.6 Å². The number of hydrogen-bond acceptors (Lipinski definition) is 7. The maximum Gasteiger partial charge on any atom is 0.198 e. The number of benzene rings is 4. The van der Waals surface area contributed by atoms with Gasteiger partial charge in [0.15, 0.2) is 57.9 Å². The van der Waals surface area contributed by atoms with Gasteiger partial charge >= 0.3 is 0 Å². The number of aromatic amines is 1. The maximum absolute atomic E-state index is 16.1. The Kier molecular flexibility index (Phi) is 8.97. The van der Waals surface area contributed by atoms with Gasteiger partial charge in [0.05, 0.1) is 11.1 Å². The molecule has 9 rings (SSSR count). The number of H-pyrrole nitrogens is 1. The Balaban J connectivity index is 1.58. The quantitative estimate of drug-likeness (QED) is 0.0682. The van der Waals surface area contributed by atoms with Crippen LogP contribution < -0.4 is 5.84 Å². The van der Waals surface area contributed by atoms with Crippen molar-refractivity contribution in [2.75, 3.05) is 5.84 Å². The summed E-state index contributed by atoms with van der Waals surface area (Å²) < 4.78 is 63.5. The molecule has 13 heteroatoms. The highest BCUT2D eigenvalue weighted by Crippen LogP contribution is 2.43. The van der Waals surface area contributed by atoms with Crippen LogP contribution in [0.1, 0.15) is 75.6 Å². The molecule has 2 aliphatic rings. The van der Waals surface area contributed by atoms with Crippen LogP contribution in [0.15, 0.2) is 48.5 Å². The molecule has 0 saturated heterocycles. The molecule has 0 radical (unpaired) electrons. The summed E-state index contributed by atoms with van der Waals surface area (Å²) in [6.45, 7) is 8.57. The van der Waals surface area contributed by atoms with E-state index in [1.165, 1.54) is 15.8 Å². The van der Waals surface area contributed by atoms with E-state index < -0.39 is 40.2 Å². The third kappa shape index (κ3) is 5.49. The van der Waals surface area contributed by atoms with E-state index in [0.29, 0.717) is 34.5 Å². The first kappa shape index (κ1) is 36.4. The number of nitrogen functional groups attached to an aromatic ring is 1. The van der Waals surface area contributed by atoms with E-state index in [0.717, 1.165) is 78.0 Å². The summed E-state index contributed by atoms with van der Waals surface area (Å²) in [5.74, 6) is -0.533. The van der Waals surface area contributed by atoms with Crippen molar-refractivity contribution in [2.45, 2.75) is 79.1 Å². The van der Waals surface area contributed by atoms with Crippen molar-refractivity contribution >= 4 is 44.1 Å². The largest absolute Gasteiger partial charge is 0.336 e. The molecule has 288 valence electrons. The topological polar surface area (TPSA) is 124 Å². The molecule has 2 aliphatic heterocycles. The van der Waals surface area contributed by atoms with E-state index in [2.05, 4.69) is 42.6 Å². The normalized spacial score (nSPS) is 12.1. The zero-order chi connectivity index (χ0) is 39.7. The Morgan fingerprint density at radius 2 is 0.877 bits per heavy atom. The van der Waals surface area contributed by atoms with Gasteiger partial charge in [-0.25, -0.2) is 52.1 Å². The molecular formula is C44H39F4N9. The summed E-state index contributed by atoms with van der Waals surface area (Å²) >= 11 is 0. The molecule has 0 saturated carbocycles. The highest BCUT2D eigenvalue weighted by molar-refractivity contribution is 6.10. The van der Waals surface area contributed by atoms with Gasteiger partial charge in [0.2, 0.25) is 0 Å². The lowest BCUT2D eigenvalue weighted by Crippen LogP contribution is -2.09. The van der Waals surface area contributed by atoms with Crippen LogP contribution in [0.3, 0.4) is 0 Å². The smallest absolute Gasteiger partial charge is 0.198 e. The van der Waals surface area contributed by atoms with Gasteiger partial charge in [-0.2, -0.15) is 0 Å². The molecule has 57 heavy (non-hydrogen) atoms. The molecule has 5 heterocycles. The summed E-state index contributed by atoms with van der Waals surface area (Å²) in [5.41, 5.74) is 6.04. The SMILES string of the molecule is CCCc1c(CCC)c(CCC)c2c3nc4nc(nc5c6ccccc6c(nc6nc(nc([nH]3)c2c1CCC)-c1ccccc1-6)n5N)-c1c(F)c(F)c(F)c(F)c1-4. The monoisotopic (exact) mass is 769 g/mol. The van der Waals surface area contributed by atoms with Gasteiger partial charge in [-0.15, -0.1) is 0 Å². The predicted molar refractivity (Wildman–Crippen MR) is 216 cm³/mol. The second kappa shape index (κ2) is 14.1. The van der Waals surface area contributed by atoms with Crippen molar-refractivity contribution in [1.82, 2.24) is 39.6 Å². The number of halogens is 4. The number of rotatable bonds is 8. The molecule has 0 spiro atoms. The van der Waals surface area contributed by atoms with Crippen LogP contribution in [0, 0.1) is 23.3 Å². The zero-order valence-electron chi connectivity index (χ0n) is 32.0. The third-order valence-corrected chi connectivity index (χ3v) is 10.9. The standard InChI is InChI=1S/C44H39F4N9/c1-5-13-21-22(14-6-2)24(16-8-4)30-29(23(21)15-7-3)39-51-37-25-17-9-10-18-26(25)38(50-37)55-43-27-19-11-12-20-28(27)44(57(43)49)56-42-32-31(41(54-42)53-40(30)52-39)33(45)35(47)36(48)34(32)46/h9-12,17-20H,5-8,13-16,49H2,1-4H3,(H,50,51,52,53,54,55,56). The first-order valence-corrected chi connectivity index (χ1v) is 19.5. The van der Waals surface area contributed by atoms with E-state index in [4.69, 9.17) is 25.8 Å². The number of aryl methyl sites for hydroxylation is 2. The van der Waals surface area contributed by atoms with Crippen molar-refractivity contribution in [3.8, 4) is 45.6 Å². The average molecular weight is 770 g/mol. The van der Waals surface area contributed by atoms with Crippen molar-refractivity contribution in [3.05, 3.63) is 94.1 Å². The van der Waals surface area contributed by atoms with Gasteiger partial charge in [-0.1, -0.05) is 102 Å². The van der Waals surface area contributed by atoms with E-state index in [1.54, 1.807) is 24.3 Å². The van der Waals surface area contributed by atoms with Crippen LogP contribution >= 0.6 is 0 Å². The number of aromatic nitrogens is 8. The summed E-state index contributed by atoms with van der Waals surface area (Å²) in [7, 11) is 0. The van der Waals surface area contributed by atoms with Gasteiger partial charge in [-0.3, -0.25) is 0 Å². The second-order valence-electron chi connectivity index (χ2n) is 14.6. The lowest BCUT2D eigenvalue weighted by molar-refractivity contribution is 0.412. The Morgan fingerprint density at radius 3 is 1.37 bits per heavy atom. The molecule has 4 aromatic carbocycles. The Bertz CT molecular complexity index is 2990. The molecule has 3 aromatic heterocycles. The van der Waals surface area contributed by atoms with Gasteiger partial charge in [0.1, 0.15) is 11.3 Å². The molecule has 3 N–H and O–H groups in total. The van der Waals surface area contributed by atoms with Crippen LogP contribution in [0.5, 0.6) is 0 Å². The Hall–Kier alpha value is -6.24. The van der Waals surface area contributed by atoms with E-state index in [9.17, 15) is 0 Å². The van der Waals surface area contributed by atoms with Crippen molar-refractivity contribution < 1.29 is 17.6 Å². The molecular weight excluding hydrogens is 731 g/mol. The first-order valence-electron chi connectivity index (χ1n) is 19.5. The van der Waals surface area contributed by atoms with Gasteiger partial charge in [-0.05, 0) is 47.9 Å². The van der Waals surface area contributed by atoms with Crippen LogP contribution in [0.2, 0.25) is 0 Å². The van der Waals surface area contributed by atoms with Crippen LogP contribution in [0.25, 0.3) is 89.7 Å². The Morgan fingerprint density at radius 1 is 0.491 bits per heavy atom. The number of nitrogens with one attached hydrogen (secondary N) is 1. The summed E-state index contributed by atoms with van der Waals surface area (Å²) in [4.78, 5) is 32.8. The minimum absolute atomic E-state index is 0.0717. The molecule has 8 bridgehead atoms. The highest BCUT2D eigenvalue weighted by Gasteiger charge is 2.34. The van der Waals surface area contributed by atoms with Crippen LogP contribution in [-0.4, -0.2) is 39.6 Å². The third-order valence-electron chi connectivity index (χ3n) is 10.9. The predicted octanol–water partition coefficient (Wildman–Crippen LogP) is 10.4.